The molecule has 1 amide bonds. The Morgan fingerprint density at radius 1 is 1.05 bits per heavy atom. The fraction of sp³-hybridized carbons (Fsp3) is 0. The Kier molecular flexibility index (Phi) is 4.12. The van der Waals surface area contributed by atoms with Crippen LogP contribution in [0.4, 0.5) is 5.69 Å². The summed E-state index contributed by atoms with van der Waals surface area (Å²) in [4.78, 5) is 26.5. The van der Waals surface area contributed by atoms with Crippen LogP contribution in [0.25, 0.3) is 0 Å². The lowest BCUT2D eigenvalue weighted by molar-refractivity contribution is -0.106. The van der Waals surface area contributed by atoms with E-state index in [0.29, 0.717) is 16.9 Å². The number of amides is 1. The third-order valence-electron chi connectivity index (χ3n) is 3.07. The predicted octanol–water partition coefficient (Wildman–Crippen LogP) is 4.08. The van der Waals surface area contributed by atoms with Crippen molar-refractivity contribution in [3.05, 3.63) is 68.8 Å². The number of carbonyl (C=O) groups excluding carboxylic acids is 2. The van der Waals surface area contributed by atoms with Crippen molar-refractivity contribution in [2.75, 3.05) is 4.90 Å². The van der Waals surface area contributed by atoms with Crippen LogP contribution in [0.1, 0.15) is 10.4 Å². The molecule has 21 heavy (non-hydrogen) atoms. The second-order valence-electron chi connectivity index (χ2n) is 4.41. The lowest BCUT2D eigenvalue weighted by Gasteiger charge is -2.13. The van der Waals surface area contributed by atoms with Gasteiger partial charge in [0.2, 0.25) is 12.2 Å². The minimum absolute atomic E-state index is 0.0343. The standard InChI is InChI=1S/C16H10INO2S/c17-11-5-7-12(8-6-11)18(10-19)9-15-16(20)13-3-1-2-4-14(13)21-15/h1-10H/b15-9-. The minimum atomic E-state index is -0.0343. The van der Waals surface area contributed by atoms with Crippen LogP contribution in [-0.4, -0.2) is 12.2 Å². The van der Waals surface area contributed by atoms with Gasteiger partial charge in [0.05, 0.1) is 4.91 Å². The van der Waals surface area contributed by atoms with Crippen LogP contribution >= 0.6 is 34.4 Å². The van der Waals surface area contributed by atoms with Gasteiger partial charge in [-0.15, -0.1) is 0 Å². The van der Waals surface area contributed by atoms with Gasteiger partial charge in [-0.05, 0) is 59.0 Å². The van der Waals surface area contributed by atoms with Crippen molar-refractivity contribution in [2.45, 2.75) is 4.90 Å². The van der Waals surface area contributed by atoms with Crippen molar-refractivity contribution in [1.82, 2.24) is 0 Å². The van der Waals surface area contributed by atoms with Gasteiger partial charge in [-0.1, -0.05) is 23.9 Å². The van der Waals surface area contributed by atoms with E-state index >= 15 is 0 Å². The van der Waals surface area contributed by atoms with Gasteiger partial charge in [-0.2, -0.15) is 0 Å². The molecule has 1 heterocycles. The van der Waals surface area contributed by atoms with E-state index in [1.165, 1.54) is 16.7 Å². The molecule has 0 aromatic heterocycles. The van der Waals surface area contributed by atoms with E-state index < -0.39 is 0 Å². The number of fused-ring (bicyclic) bond motifs is 1. The van der Waals surface area contributed by atoms with E-state index in [1.54, 1.807) is 6.20 Å². The van der Waals surface area contributed by atoms with Crippen molar-refractivity contribution >= 4 is 52.2 Å². The highest BCUT2D eigenvalue weighted by Crippen LogP contribution is 2.39. The molecule has 0 bridgehead atoms. The first-order valence-corrected chi connectivity index (χ1v) is 8.11. The summed E-state index contributed by atoms with van der Waals surface area (Å²) >= 11 is 3.60. The average Bonchev–Trinajstić information content (AvgIpc) is 2.83. The second-order valence-corrected chi connectivity index (χ2v) is 6.74. The van der Waals surface area contributed by atoms with Crippen LogP contribution in [0.2, 0.25) is 0 Å². The van der Waals surface area contributed by atoms with Crippen LogP contribution in [0.15, 0.2) is 64.5 Å². The van der Waals surface area contributed by atoms with Crippen LogP contribution < -0.4 is 4.90 Å². The molecule has 1 aliphatic rings. The number of ketones is 1. The molecule has 0 unspecified atom stereocenters. The molecule has 0 saturated carbocycles. The minimum Gasteiger partial charge on any atom is -0.289 e. The smallest absolute Gasteiger partial charge is 0.218 e. The number of nitrogens with zero attached hydrogens (tertiary/aromatic N) is 1. The maximum absolute atomic E-state index is 12.3. The molecule has 0 radical (unpaired) electrons. The number of rotatable bonds is 3. The Morgan fingerprint density at radius 3 is 2.43 bits per heavy atom. The third-order valence-corrected chi connectivity index (χ3v) is 4.88. The highest BCUT2D eigenvalue weighted by molar-refractivity contribution is 14.1. The van der Waals surface area contributed by atoms with E-state index in [9.17, 15) is 9.59 Å². The van der Waals surface area contributed by atoms with E-state index in [-0.39, 0.29) is 5.78 Å². The number of Topliss-reactive ketones (excluding diaryl/α,β-unsaturated/α-hetero) is 1. The van der Waals surface area contributed by atoms with Gasteiger partial charge in [-0.3, -0.25) is 14.5 Å². The normalized spacial score (nSPS) is 15.1. The molecule has 104 valence electrons. The zero-order valence-electron chi connectivity index (χ0n) is 10.8. The summed E-state index contributed by atoms with van der Waals surface area (Å²) in [5.74, 6) is -0.0343. The summed E-state index contributed by atoms with van der Waals surface area (Å²) in [7, 11) is 0. The van der Waals surface area contributed by atoms with E-state index in [2.05, 4.69) is 22.6 Å². The highest BCUT2D eigenvalue weighted by Gasteiger charge is 2.26. The fourth-order valence-electron chi connectivity index (χ4n) is 2.03. The lowest BCUT2D eigenvalue weighted by Crippen LogP contribution is -2.14. The Morgan fingerprint density at radius 2 is 1.76 bits per heavy atom. The van der Waals surface area contributed by atoms with Crippen molar-refractivity contribution in [2.24, 2.45) is 0 Å². The zero-order valence-corrected chi connectivity index (χ0v) is 13.8. The number of hydrogen-bond donors (Lipinski definition) is 0. The van der Waals surface area contributed by atoms with Crippen LogP contribution in [0.5, 0.6) is 0 Å². The number of anilines is 1. The van der Waals surface area contributed by atoms with Crippen LogP contribution in [0, 0.1) is 3.57 Å². The summed E-state index contributed by atoms with van der Waals surface area (Å²) in [6, 6.07) is 15.0. The number of benzene rings is 2. The molecule has 0 atom stereocenters. The second kappa shape index (κ2) is 6.03. The van der Waals surface area contributed by atoms with Crippen LogP contribution in [0.3, 0.4) is 0 Å². The van der Waals surface area contributed by atoms with Gasteiger partial charge in [0.1, 0.15) is 0 Å². The Balaban J connectivity index is 1.93. The number of hydrogen-bond acceptors (Lipinski definition) is 3. The molecule has 0 fully saturated rings. The summed E-state index contributed by atoms with van der Waals surface area (Å²) in [6.07, 6.45) is 2.31. The van der Waals surface area contributed by atoms with E-state index in [1.807, 2.05) is 48.5 Å². The van der Waals surface area contributed by atoms with Crippen LogP contribution in [-0.2, 0) is 4.79 Å². The number of carbonyl (C=O) groups is 2. The molecule has 2 aromatic rings. The van der Waals surface area contributed by atoms with Gasteiger partial charge in [0.15, 0.2) is 0 Å². The average molecular weight is 407 g/mol. The largest absolute Gasteiger partial charge is 0.289 e. The van der Waals surface area contributed by atoms with Crippen molar-refractivity contribution < 1.29 is 9.59 Å². The summed E-state index contributed by atoms with van der Waals surface area (Å²) in [6.45, 7) is 0. The monoisotopic (exact) mass is 407 g/mol. The molecule has 0 aliphatic carbocycles. The molecule has 3 rings (SSSR count). The first-order valence-electron chi connectivity index (χ1n) is 6.21. The van der Waals surface area contributed by atoms with Gasteiger partial charge < -0.3 is 0 Å². The first-order chi connectivity index (χ1) is 10.2. The van der Waals surface area contributed by atoms with Gasteiger partial charge in [0, 0.05) is 25.9 Å². The molecule has 0 N–H and O–H groups in total. The lowest BCUT2D eigenvalue weighted by atomic mass is 10.1. The zero-order chi connectivity index (χ0) is 14.8. The van der Waals surface area contributed by atoms with E-state index in [0.717, 1.165) is 14.2 Å². The Bertz CT molecular complexity index is 740. The maximum Gasteiger partial charge on any atom is 0.218 e. The van der Waals surface area contributed by atoms with Gasteiger partial charge in [-0.25, -0.2) is 0 Å². The third kappa shape index (κ3) is 2.89. The molecular formula is C16H10INO2S. The molecule has 1 aliphatic heterocycles. The van der Waals surface area contributed by atoms with Crippen molar-refractivity contribution in [3.8, 4) is 0 Å². The van der Waals surface area contributed by atoms with Crippen molar-refractivity contribution in [3.63, 3.8) is 0 Å². The summed E-state index contributed by atoms with van der Waals surface area (Å²) < 4.78 is 1.09. The maximum atomic E-state index is 12.3. The summed E-state index contributed by atoms with van der Waals surface area (Å²) in [5, 5.41) is 0. The molecule has 0 saturated heterocycles. The Labute approximate surface area is 140 Å². The fourth-order valence-corrected chi connectivity index (χ4v) is 3.41. The quantitative estimate of drug-likeness (QED) is 0.437. The van der Waals surface area contributed by atoms with Gasteiger partial charge in [0.25, 0.3) is 0 Å². The predicted molar refractivity (Wildman–Crippen MR) is 92.4 cm³/mol. The number of allylic oxidation sites excluding steroid dienone is 1. The SMILES string of the molecule is O=CN(/C=C1\Sc2ccccc2C1=O)c1ccc(I)cc1. The highest BCUT2D eigenvalue weighted by atomic mass is 127. The molecule has 0 spiro atoms. The topological polar surface area (TPSA) is 37.4 Å². The summed E-state index contributed by atoms with van der Waals surface area (Å²) in [5.41, 5.74) is 1.43. The van der Waals surface area contributed by atoms with Gasteiger partial charge >= 0.3 is 0 Å². The molecular weight excluding hydrogens is 397 g/mol. The first kappa shape index (κ1) is 14.3. The molecule has 2 aromatic carbocycles. The van der Waals surface area contributed by atoms with Crippen molar-refractivity contribution in [1.29, 1.82) is 0 Å². The Hall–Kier alpha value is -1.60. The number of halogens is 1. The number of thioether (sulfide) groups is 1. The van der Waals surface area contributed by atoms with E-state index in [4.69, 9.17) is 0 Å². The molecule has 5 heteroatoms. The molecule has 3 nitrogen and oxygen atoms in total.